The molecule has 1 saturated heterocycles. The monoisotopic (exact) mass is 481 g/mol. The summed E-state index contributed by atoms with van der Waals surface area (Å²) in [6, 6.07) is 6.28. The first kappa shape index (κ1) is 23.3. The van der Waals surface area contributed by atoms with Crippen LogP contribution in [0.25, 0.3) is 5.70 Å². The maximum atomic E-state index is 12.6. The van der Waals surface area contributed by atoms with Gasteiger partial charge in [0, 0.05) is 30.2 Å². The van der Waals surface area contributed by atoms with Crippen molar-refractivity contribution in [1.29, 1.82) is 0 Å². The minimum Gasteiger partial charge on any atom is -0.359 e. The van der Waals surface area contributed by atoms with Crippen molar-refractivity contribution >= 4 is 34.1 Å². The molecule has 34 heavy (non-hydrogen) atoms. The molecule has 1 aliphatic carbocycles. The summed E-state index contributed by atoms with van der Waals surface area (Å²) in [4.78, 5) is 17.5. The summed E-state index contributed by atoms with van der Waals surface area (Å²) in [5.74, 6) is 0.300. The van der Waals surface area contributed by atoms with E-state index in [-0.39, 0.29) is 5.91 Å². The Balaban J connectivity index is 1.46. The first-order chi connectivity index (χ1) is 16.3. The molecule has 0 aromatic heterocycles. The van der Waals surface area contributed by atoms with Crippen LogP contribution in [-0.2, 0) is 4.74 Å². The van der Waals surface area contributed by atoms with E-state index >= 15 is 0 Å². The number of benzene rings is 1. The molecule has 2 atom stereocenters. The van der Waals surface area contributed by atoms with Crippen LogP contribution in [0.15, 0.2) is 46.1 Å². The first-order valence-corrected chi connectivity index (χ1v) is 12.5. The highest BCUT2D eigenvalue weighted by Crippen LogP contribution is 2.35. The highest BCUT2D eigenvalue weighted by molar-refractivity contribution is 6.67. The first-order valence-electron chi connectivity index (χ1n) is 12.1. The molecule has 0 bridgehead atoms. The number of allylic oxidation sites excluding steroid dienone is 3. The van der Waals surface area contributed by atoms with E-state index < -0.39 is 5.72 Å². The van der Waals surface area contributed by atoms with Crippen molar-refractivity contribution in [2.75, 3.05) is 13.2 Å². The van der Waals surface area contributed by atoms with E-state index in [9.17, 15) is 4.79 Å². The lowest BCUT2D eigenvalue weighted by molar-refractivity contribution is 0.0178. The molecule has 7 nitrogen and oxygen atoms in total. The zero-order valence-corrected chi connectivity index (χ0v) is 20.6. The Bertz CT molecular complexity index is 1110. The lowest BCUT2D eigenvalue weighted by Gasteiger charge is -2.30. The third-order valence-electron chi connectivity index (χ3n) is 6.75. The molecule has 0 radical (unpaired) electrons. The van der Waals surface area contributed by atoms with E-state index in [1.807, 2.05) is 24.1 Å². The van der Waals surface area contributed by atoms with Gasteiger partial charge in [-0.3, -0.25) is 9.79 Å². The van der Waals surface area contributed by atoms with Crippen molar-refractivity contribution in [3.05, 3.63) is 52.7 Å². The number of rotatable bonds is 5. The van der Waals surface area contributed by atoms with Gasteiger partial charge in [0.1, 0.15) is 10.9 Å². The number of nitrogens with two attached hydrogens (primary N) is 1. The molecule has 2 unspecified atom stereocenters. The van der Waals surface area contributed by atoms with Gasteiger partial charge in [0.05, 0.1) is 23.7 Å². The summed E-state index contributed by atoms with van der Waals surface area (Å²) in [5, 5.41) is 10.1. The number of halogens is 1. The smallest absolute Gasteiger partial charge is 0.251 e. The number of nitrogens with zero attached hydrogens (tertiary/aromatic N) is 3. The maximum Gasteiger partial charge on any atom is 0.251 e. The minimum absolute atomic E-state index is 0.00588. The molecule has 1 aromatic rings. The number of aryl methyl sites for hydroxylation is 1. The van der Waals surface area contributed by atoms with Gasteiger partial charge < -0.3 is 15.8 Å². The van der Waals surface area contributed by atoms with Gasteiger partial charge in [-0.15, -0.1) is 0 Å². The van der Waals surface area contributed by atoms with Crippen LogP contribution in [0.4, 0.5) is 0 Å². The van der Waals surface area contributed by atoms with Crippen LogP contribution in [-0.4, -0.2) is 46.7 Å². The quantitative estimate of drug-likeness (QED) is 0.655. The maximum absolute atomic E-state index is 12.6. The summed E-state index contributed by atoms with van der Waals surface area (Å²) in [5.41, 5.74) is 11.1. The number of fused-ring (bicyclic) bond motifs is 1. The zero-order valence-electron chi connectivity index (χ0n) is 19.8. The second-order valence-corrected chi connectivity index (χ2v) is 10.3. The zero-order chi connectivity index (χ0) is 23.9. The van der Waals surface area contributed by atoms with Gasteiger partial charge in [-0.05, 0) is 62.6 Å². The van der Waals surface area contributed by atoms with Crippen LogP contribution in [0.1, 0.15) is 66.9 Å². The second-order valence-electron chi connectivity index (χ2n) is 9.88. The van der Waals surface area contributed by atoms with E-state index in [2.05, 4.69) is 30.5 Å². The molecule has 1 amide bonds. The molecular formula is C26H32ClN5O2. The number of amides is 1. The van der Waals surface area contributed by atoms with Crippen LogP contribution >= 0.6 is 11.6 Å². The van der Waals surface area contributed by atoms with Crippen molar-refractivity contribution in [3.8, 4) is 0 Å². The second kappa shape index (κ2) is 9.29. The van der Waals surface area contributed by atoms with Gasteiger partial charge in [0.25, 0.3) is 5.91 Å². The fourth-order valence-corrected chi connectivity index (χ4v) is 4.84. The number of carbonyl (C=O) groups excluding carboxylic acids is 1. The van der Waals surface area contributed by atoms with Crippen molar-refractivity contribution in [2.24, 2.45) is 21.7 Å². The molecule has 4 aliphatic rings. The van der Waals surface area contributed by atoms with Crippen LogP contribution in [0, 0.1) is 12.8 Å². The van der Waals surface area contributed by atoms with Crippen LogP contribution in [0.3, 0.4) is 0 Å². The Labute approximate surface area is 205 Å². The molecule has 5 rings (SSSR count). The third kappa shape index (κ3) is 4.97. The molecule has 3 heterocycles. The number of hydrogen-bond acceptors (Lipinski definition) is 6. The Kier molecular flexibility index (Phi) is 6.35. The topological polar surface area (TPSA) is 92.3 Å². The number of carbonyl (C=O) groups is 1. The van der Waals surface area contributed by atoms with Gasteiger partial charge in [0.15, 0.2) is 0 Å². The average molecular weight is 482 g/mol. The fraction of sp³-hybridized carbons (Fsp3) is 0.500. The Morgan fingerprint density at radius 3 is 2.91 bits per heavy atom. The largest absolute Gasteiger partial charge is 0.359 e. The summed E-state index contributed by atoms with van der Waals surface area (Å²) in [7, 11) is 0. The molecule has 0 spiro atoms. The Morgan fingerprint density at radius 1 is 1.38 bits per heavy atom. The summed E-state index contributed by atoms with van der Waals surface area (Å²) >= 11 is 6.51. The van der Waals surface area contributed by atoms with Crippen molar-refractivity contribution < 1.29 is 9.53 Å². The minimum atomic E-state index is -0.704. The van der Waals surface area contributed by atoms with Gasteiger partial charge in [0.2, 0.25) is 0 Å². The van der Waals surface area contributed by atoms with E-state index in [0.717, 1.165) is 60.3 Å². The van der Waals surface area contributed by atoms with Gasteiger partial charge >= 0.3 is 0 Å². The van der Waals surface area contributed by atoms with Crippen LogP contribution < -0.4 is 11.1 Å². The number of aliphatic imine (C=N–C) groups is 1. The lowest BCUT2D eigenvalue weighted by atomic mass is 10.00. The summed E-state index contributed by atoms with van der Waals surface area (Å²) in [6.07, 6.45) is 9.63. The lowest BCUT2D eigenvalue weighted by Crippen LogP contribution is -2.42. The SMILES string of the molecule is Cc1cc(C2=CC(C)CC=C3C(=NCC4(N)CCCO4)CC(Cl)=NN32)ccc1C(=O)NC1CC1. The molecule has 8 heteroatoms. The summed E-state index contributed by atoms with van der Waals surface area (Å²) < 4.78 is 5.73. The van der Waals surface area contributed by atoms with E-state index in [1.54, 1.807) is 0 Å². The predicted octanol–water partition coefficient (Wildman–Crippen LogP) is 4.32. The molecule has 180 valence electrons. The van der Waals surface area contributed by atoms with E-state index in [0.29, 0.717) is 42.3 Å². The predicted molar refractivity (Wildman–Crippen MR) is 136 cm³/mol. The van der Waals surface area contributed by atoms with Crippen LogP contribution in [0.5, 0.6) is 0 Å². The highest BCUT2D eigenvalue weighted by atomic mass is 35.5. The van der Waals surface area contributed by atoms with Gasteiger partial charge in [-0.2, -0.15) is 5.10 Å². The van der Waals surface area contributed by atoms with E-state index in [1.165, 1.54) is 0 Å². The standard InChI is InChI=1S/C26H32ClN5O2/c1-16-4-9-22-21(29-15-26(28)10-3-11-34-26)14-24(27)31-32(22)23(12-16)18-5-8-20(17(2)13-18)25(33)30-19-6-7-19/h5,8-9,12-13,16,19H,3-4,6-7,10-11,14-15,28H2,1-2H3,(H,30,33). The van der Waals surface area contributed by atoms with Crippen LogP contribution in [0.2, 0.25) is 0 Å². The number of nitrogens with one attached hydrogen (secondary N) is 1. The fourth-order valence-electron chi connectivity index (χ4n) is 4.64. The molecule has 3 aliphatic heterocycles. The molecule has 2 fully saturated rings. The number of hydrogen-bond donors (Lipinski definition) is 2. The normalized spacial score (nSPS) is 28.1. The molecule has 3 N–H and O–H groups in total. The van der Waals surface area contributed by atoms with Crippen molar-refractivity contribution in [1.82, 2.24) is 10.3 Å². The molecule has 1 saturated carbocycles. The van der Waals surface area contributed by atoms with Crippen molar-refractivity contribution in [3.63, 3.8) is 0 Å². The van der Waals surface area contributed by atoms with Gasteiger partial charge in [-0.1, -0.05) is 36.7 Å². The number of hydrazone groups is 1. The average Bonchev–Trinajstić information content (AvgIpc) is 3.54. The Morgan fingerprint density at radius 2 is 2.21 bits per heavy atom. The van der Waals surface area contributed by atoms with E-state index in [4.69, 9.17) is 32.2 Å². The number of ether oxygens (including phenoxy) is 1. The Hall–Kier alpha value is -2.48. The highest BCUT2D eigenvalue weighted by Gasteiger charge is 2.33. The van der Waals surface area contributed by atoms with Gasteiger partial charge in [-0.25, -0.2) is 5.01 Å². The summed E-state index contributed by atoms with van der Waals surface area (Å²) in [6.45, 7) is 5.24. The molecular weight excluding hydrogens is 450 g/mol. The third-order valence-corrected chi connectivity index (χ3v) is 6.96. The molecule has 1 aromatic carbocycles. The van der Waals surface area contributed by atoms with Crippen molar-refractivity contribution in [2.45, 2.75) is 64.1 Å².